The zero-order valence-electron chi connectivity index (χ0n) is 20.5. The van der Waals surface area contributed by atoms with Crippen LogP contribution in [-0.2, 0) is 16.0 Å². The zero-order chi connectivity index (χ0) is 25.7. The van der Waals surface area contributed by atoms with E-state index in [-0.39, 0.29) is 17.2 Å². The molecule has 0 spiro atoms. The summed E-state index contributed by atoms with van der Waals surface area (Å²) in [6.45, 7) is 6.43. The number of halogens is 1. The molecule has 2 aromatic rings. The molecule has 0 unspecified atom stereocenters. The Kier molecular flexibility index (Phi) is 6.29. The Morgan fingerprint density at radius 2 is 2.03 bits per heavy atom. The summed E-state index contributed by atoms with van der Waals surface area (Å²) in [5.41, 5.74) is 1.91. The molecule has 35 heavy (non-hydrogen) atoms. The quantitative estimate of drug-likeness (QED) is 0.470. The lowest BCUT2D eigenvalue weighted by molar-refractivity contribution is -0.130. The highest BCUT2D eigenvalue weighted by atomic mass is 19.1. The first-order valence-corrected chi connectivity index (χ1v) is 11.4. The normalized spacial score (nSPS) is 16.6. The Hall–Kier alpha value is -3.50. The fourth-order valence-corrected chi connectivity index (χ4v) is 4.21. The van der Waals surface area contributed by atoms with Crippen molar-refractivity contribution in [2.45, 2.75) is 32.8 Å². The summed E-state index contributed by atoms with van der Waals surface area (Å²) < 4.78 is 14.8. The van der Waals surface area contributed by atoms with Gasteiger partial charge in [0.1, 0.15) is 11.4 Å². The smallest absolute Gasteiger partial charge is 0.256 e. The number of rotatable bonds is 6. The van der Waals surface area contributed by atoms with Crippen LogP contribution in [0.5, 0.6) is 0 Å². The van der Waals surface area contributed by atoms with Crippen LogP contribution in [0.1, 0.15) is 46.7 Å². The number of anilines is 2. The van der Waals surface area contributed by atoms with Crippen LogP contribution in [0.15, 0.2) is 12.1 Å². The van der Waals surface area contributed by atoms with Crippen molar-refractivity contribution in [2.24, 2.45) is 0 Å². The molecule has 10 heteroatoms. The average molecular weight is 484 g/mol. The lowest BCUT2D eigenvalue weighted by Gasteiger charge is -2.28. The van der Waals surface area contributed by atoms with Gasteiger partial charge in [-0.3, -0.25) is 14.4 Å². The highest BCUT2D eigenvalue weighted by Crippen LogP contribution is 2.37. The van der Waals surface area contributed by atoms with Crippen LogP contribution in [0, 0.1) is 12.7 Å². The van der Waals surface area contributed by atoms with Gasteiger partial charge in [0.25, 0.3) is 17.7 Å². The molecule has 3 amide bonds. The fourth-order valence-electron chi connectivity index (χ4n) is 4.21. The predicted octanol–water partition coefficient (Wildman–Crippen LogP) is 2.22. The first-order chi connectivity index (χ1) is 16.4. The largest absolute Gasteiger partial charge is 0.381 e. The first-order valence-electron chi connectivity index (χ1n) is 11.4. The van der Waals surface area contributed by atoms with E-state index in [0.717, 1.165) is 17.8 Å². The molecule has 0 fully saturated rings. The Balaban J connectivity index is 1.65. The maximum Gasteiger partial charge on any atom is 0.256 e. The van der Waals surface area contributed by atoms with Gasteiger partial charge in [-0.1, -0.05) is 0 Å². The van der Waals surface area contributed by atoms with Crippen molar-refractivity contribution in [1.82, 2.24) is 14.8 Å². The number of nitrogens with zero attached hydrogens (tertiary/aromatic N) is 2. The number of H-pyrrole nitrogens is 1. The number of benzene rings is 1. The van der Waals surface area contributed by atoms with Gasteiger partial charge in [-0.2, -0.15) is 0 Å². The summed E-state index contributed by atoms with van der Waals surface area (Å²) in [7, 11) is 3.92. The number of amides is 3. The number of nitrogens with one attached hydrogen (secondary N) is 3. The van der Waals surface area contributed by atoms with Crippen LogP contribution in [0.4, 0.5) is 15.8 Å². The van der Waals surface area contributed by atoms with Crippen molar-refractivity contribution in [2.75, 3.05) is 44.4 Å². The molecule has 1 aromatic heterocycles. The average Bonchev–Trinajstić information content (AvgIpc) is 3.24. The molecule has 186 valence electrons. The van der Waals surface area contributed by atoms with E-state index >= 15 is 0 Å². The van der Waals surface area contributed by atoms with E-state index in [4.69, 9.17) is 0 Å². The minimum atomic E-state index is -1.69. The van der Waals surface area contributed by atoms with Crippen molar-refractivity contribution in [1.29, 1.82) is 0 Å². The molecule has 1 aromatic carbocycles. The second kappa shape index (κ2) is 8.94. The molecule has 3 heterocycles. The number of likely N-dealkylation sites (N-methyl/N-ethyl adjacent to an activating group) is 1. The molecule has 2 aliphatic rings. The number of carbonyl (C=O) groups excluding carboxylic acids is 3. The minimum Gasteiger partial charge on any atom is -0.381 e. The van der Waals surface area contributed by atoms with E-state index in [1.165, 1.54) is 26.0 Å². The van der Waals surface area contributed by atoms with Crippen molar-refractivity contribution in [3.05, 3.63) is 46.0 Å². The number of fused-ring (bicyclic) bond motifs is 2. The summed E-state index contributed by atoms with van der Waals surface area (Å²) in [5.74, 6) is -1.97. The van der Waals surface area contributed by atoms with E-state index in [1.807, 2.05) is 30.8 Å². The highest BCUT2D eigenvalue weighted by Gasteiger charge is 2.32. The van der Waals surface area contributed by atoms with Gasteiger partial charge in [0.15, 0.2) is 0 Å². The van der Waals surface area contributed by atoms with Crippen molar-refractivity contribution >= 4 is 40.7 Å². The van der Waals surface area contributed by atoms with Crippen LogP contribution in [0.2, 0.25) is 0 Å². The minimum absolute atomic E-state index is 0.0407. The monoisotopic (exact) mass is 483 g/mol. The van der Waals surface area contributed by atoms with Gasteiger partial charge in [-0.15, -0.1) is 0 Å². The lowest BCUT2D eigenvalue weighted by atomic mass is 10.0. The standard InChI is InChI=1S/C25H30FN5O4/c1-13-18(27-17-6-7-31(9-8-30(4)5)23(33)21(13)17)11-15-14-10-16(26)20(12-19(14)28-22(15)32)29-24(34)25(2,3)35/h10-12,27,35H,6-9H2,1-5H3,(H,28,32)(H,29,34)/b15-11-. The van der Waals surface area contributed by atoms with Gasteiger partial charge < -0.3 is 30.5 Å². The van der Waals surface area contributed by atoms with Crippen LogP contribution < -0.4 is 10.6 Å². The van der Waals surface area contributed by atoms with Crippen molar-refractivity contribution in [3.8, 4) is 0 Å². The molecular weight excluding hydrogens is 453 g/mol. The van der Waals surface area contributed by atoms with Gasteiger partial charge in [-0.05, 0) is 58.6 Å². The molecule has 9 nitrogen and oxygen atoms in total. The molecule has 0 saturated carbocycles. The third-order valence-corrected chi connectivity index (χ3v) is 6.30. The van der Waals surface area contributed by atoms with Crippen molar-refractivity contribution < 1.29 is 23.9 Å². The number of hydrogen-bond donors (Lipinski definition) is 4. The Labute approximate surface area is 203 Å². The Morgan fingerprint density at radius 3 is 2.69 bits per heavy atom. The van der Waals surface area contributed by atoms with Gasteiger partial charge in [0, 0.05) is 43.0 Å². The topological polar surface area (TPSA) is 118 Å². The van der Waals surface area contributed by atoms with Crippen molar-refractivity contribution in [3.63, 3.8) is 0 Å². The van der Waals surface area contributed by atoms with Gasteiger partial charge in [0.2, 0.25) is 0 Å². The zero-order valence-corrected chi connectivity index (χ0v) is 20.5. The van der Waals surface area contributed by atoms with Crippen LogP contribution in [0.3, 0.4) is 0 Å². The van der Waals surface area contributed by atoms with Gasteiger partial charge in [0.05, 0.1) is 22.5 Å². The summed E-state index contributed by atoms with van der Waals surface area (Å²) in [6.07, 6.45) is 2.31. The van der Waals surface area contributed by atoms with E-state index in [9.17, 15) is 23.9 Å². The number of aromatic nitrogens is 1. The second-order valence-electron chi connectivity index (χ2n) is 9.77. The molecule has 0 bridgehead atoms. The van der Waals surface area contributed by atoms with Gasteiger partial charge in [-0.25, -0.2) is 4.39 Å². The number of aromatic amines is 1. The van der Waals surface area contributed by atoms with Crippen LogP contribution in [0.25, 0.3) is 11.6 Å². The van der Waals surface area contributed by atoms with E-state index < -0.39 is 23.2 Å². The highest BCUT2D eigenvalue weighted by molar-refractivity contribution is 6.35. The molecule has 0 aliphatic carbocycles. The Bertz CT molecular complexity index is 1260. The predicted molar refractivity (Wildman–Crippen MR) is 132 cm³/mol. The number of aliphatic hydroxyl groups is 1. The van der Waals surface area contributed by atoms with Crippen LogP contribution >= 0.6 is 0 Å². The van der Waals surface area contributed by atoms with E-state index in [0.29, 0.717) is 42.0 Å². The third-order valence-electron chi connectivity index (χ3n) is 6.30. The summed E-state index contributed by atoms with van der Waals surface area (Å²) in [4.78, 5) is 45.0. The maximum atomic E-state index is 14.8. The molecular formula is C25H30FN5O4. The molecule has 0 atom stereocenters. The molecule has 4 rings (SSSR count). The SMILES string of the molecule is Cc1c(/C=C2\C(=O)Nc3cc(NC(=O)C(C)(C)O)c(F)cc32)[nH]c2c1C(=O)N(CCN(C)C)CC2. The lowest BCUT2D eigenvalue weighted by Crippen LogP contribution is -2.41. The Morgan fingerprint density at radius 1 is 1.31 bits per heavy atom. The first kappa shape index (κ1) is 24.6. The maximum absolute atomic E-state index is 14.8. The van der Waals surface area contributed by atoms with E-state index in [1.54, 1.807) is 6.08 Å². The summed E-state index contributed by atoms with van der Waals surface area (Å²) in [6, 6.07) is 2.50. The molecule has 2 aliphatic heterocycles. The van der Waals surface area contributed by atoms with Gasteiger partial charge >= 0.3 is 0 Å². The van der Waals surface area contributed by atoms with Crippen LogP contribution in [-0.4, -0.2) is 76.9 Å². The summed E-state index contributed by atoms with van der Waals surface area (Å²) >= 11 is 0. The third kappa shape index (κ3) is 4.71. The number of hydrogen-bond acceptors (Lipinski definition) is 5. The summed E-state index contributed by atoms with van der Waals surface area (Å²) in [5, 5.41) is 14.9. The van der Waals surface area contributed by atoms with E-state index in [2.05, 4.69) is 15.6 Å². The number of carbonyl (C=O) groups is 3. The molecule has 0 radical (unpaired) electrons. The fraction of sp³-hybridized carbons (Fsp3) is 0.400. The molecule has 4 N–H and O–H groups in total. The molecule has 0 saturated heterocycles. The second-order valence-corrected chi connectivity index (χ2v) is 9.77.